The Labute approximate surface area is 170 Å². The second-order valence-corrected chi connectivity index (χ2v) is 7.70. The average Bonchev–Trinajstić information content (AvgIpc) is 3.17. The van der Waals surface area contributed by atoms with E-state index in [9.17, 15) is 9.90 Å². The SMILES string of the molecule is Cc1cc(N(C)c2ccc3c(c2)CCC[C@H]3CCc2cnccc2C(=O)O)no1. The number of carbonyl (C=O) groups is 1. The molecule has 1 aromatic carbocycles. The summed E-state index contributed by atoms with van der Waals surface area (Å²) in [4.78, 5) is 17.6. The number of anilines is 2. The summed E-state index contributed by atoms with van der Waals surface area (Å²) in [6.07, 6.45) is 8.22. The van der Waals surface area contributed by atoms with Gasteiger partial charge in [0.2, 0.25) is 0 Å². The predicted molar refractivity (Wildman–Crippen MR) is 111 cm³/mol. The molecule has 3 aromatic rings. The Morgan fingerprint density at radius 1 is 1.31 bits per heavy atom. The molecule has 0 aliphatic heterocycles. The number of aryl methyl sites for hydroxylation is 3. The lowest BCUT2D eigenvalue weighted by Crippen LogP contribution is -2.14. The number of nitrogens with zero attached hydrogens (tertiary/aromatic N) is 3. The molecule has 1 atom stereocenters. The summed E-state index contributed by atoms with van der Waals surface area (Å²) in [5.41, 5.74) is 5.01. The van der Waals surface area contributed by atoms with E-state index < -0.39 is 5.97 Å². The molecule has 0 fully saturated rings. The highest BCUT2D eigenvalue weighted by Gasteiger charge is 2.22. The standard InChI is InChI=1S/C23H25N3O3/c1-15-12-22(25-29-15)26(2)19-8-9-20-16(4-3-5-17(20)13-19)6-7-18-14-24-11-10-21(18)23(27)28/h8-14,16H,3-7H2,1-2H3,(H,27,28)/t16-/m0/s1. The topological polar surface area (TPSA) is 79.5 Å². The molecule has 6 heteroatoms. The van der Waals surface area contributed by atoms with Crippen molar-refractivity contribution in [3.63, 3.8) is 0 Å². The summed E-state index contributed by atoms with van der Waals surface area (Å²) in [6, 6.07) is 10.1. The highest BCUT2D eigenvalue weighted by atomic mass is 16.5. The van der Waals surface area contributed by atoms with Crippen LogP contribution in [-0.2, 0) is 12.8 Å². The van der Waals surface area contributed by atoms with E-state index in [0.29, 0.717) is 11.5 Å². The lowest BCUT2D eigenvalue weighted by molar-refractivity contribution is 0.0695. The molecule has 0 radical (unpaired) electrons. The number of fused-ring (bicyclic) bond motifs is 1. The van der Waals surface area contributed by atoms with Crippen molar-refractivity contribution in [3.05, 3.63) is 70.7 Å². The summed E-state index contributed by atoms with van der Waals surface area (Å²) in [5, 5.41) is 13.5. The minimum absolute atomic E-state index is 0.357. The molecule has 0 unspecified atom stereocenters. The van der Waals surface area contributed by atoms with Gasteiger partial charge in [-0.05, 0) is 79.8 Å². The van der Waals surface area contributed by atoms with Crippen molar-refractivity contribution in [2.75, 3.05) is 11.9 Å². The Hall–Kier alpha value is -3.15. The first-order chi connectivity index (χ1) is 14.0. The van der Waals surface area contributed by atoms with Gasteiger partial charge in [0.05, 0.1) is 5.56 Å². The highest BCUT2D eigenvalue weighted by Crippen LogP contribution is 2.37. The van der Waals surface area contributed by atoms with Crippen molar-refractivity contribution in [1.29, 1.82) is 0 Å². The fraction of sp³-hybridized carbons (Fsp3) is 0.348. The summed E-state index contributed by atoms with van der Waals surface area (Å²) >= 11 is 0. The van der Waals surface area contributed by atoms with Crippen LogP contribution in [0.3, 0.4) is 0 Å². The van der Waals surface area contributed by atoms with E-state index in [1.807, 2.05) is 24.9 Å². The van der Waals surface area contributed by atoms with Crippen LogP contribution >= 0.6 is 0 Å². The molecule has 4 rings (SSSR count). The Morgan fingerprint density at radius 2 is 2.17 bits per heavy atom. The Morgan fingerprint density at radius 3 is 2.93 bits per heavy atom. The number of aromatic carboxylic acids is 1. The van der Waals surface area contributed by atoms with E-state index in [4.69, 9.17) is 4.52 Å². The molecule has 150 valence electrons. The van der Waals surface area contributed by atoms with Crippen molar-refractivity contribution in [2.24, 2.45) is 0 Å². The van der Waals surface area contributed by atoms with Crippen molar-refractivity contribution in [1.82, 2.24) is 10.1 Å². The molecule has 0 saturated carbocycles. The summed E-state index contributed by atoms with van der Waals surface area (Å²) in [5.74, 6) is 1.14. The van der Waals surface area contributed by atoms with Crippen LogP contribution in [0.4, 0.5) is 11.5 Å². The number of benzene rings is 1. The molecule has 0 amide bonds. The summed E-state index contributed by atoms with van der Waals surface area (Å²) in [6.45, 7) is 1.89. The van der Waals surface area contributed by atoms with Gasteiger partial charge in [0.15, 0.2) is 5.82 Å². The van der Waals surface area contributed by atoms with Gasteiger partial charge in [-0.1, -0.05) is 11.2 Å². The fourth-order valence-electron chi connectivity index (χ4n) is 4.22. The Kier molecular flexibility index (Phi) is 5.34. The smallest absolute Gasteiger partial charge is 0.336 e. The van der Waals surface area contributed by atoms with E-state index in [1.165, 1.54) is 17.3 Å². The van der Waals surface area contributed by atoms with Crippen LogP contribution in [0.15, 0.2) is 47.2 Å². The largest absolute Gasteiger partial charge is 0.478 e. The average molecular weight is 391 g/mol. The zero-order chi connectivity index (χ0) is 20.4. The minimum atomic E-state index is -0.887. The van der Waals surface area contributed by atoms with E-state index in [-0.39, 0.29) is 0 Å². The lowest BCUT2D eigenvalue weighted by Gasteiger charge is -2.27. The molecule has 2 aromatic heterocycles. The van der Waals surface area contributed by atoms with Gasteiger partial charge >= 0.3 is 5.97 Å². The Balaban J connectivity index is 1.52. The number of rotatable bonds is 6. The van der Waals surface area contributed by atoms with Gasteiger partial charge in [0.1, 0.15) is 5.76 Å². The van der Waals surface area contributed by atoms with Crippen LogP contribution in [0.5, 0.6) is 0 Å². The van der Waals surface area contributed by atoms with Gasteiger partial charge in [-0.2, -0.15) is 0 Å². The van der Waals surface area contributed by atoms with Crippen molar-refractivity contribution in [2.45, 2.75) is 44.9 Å². The van der Waals surface area contributed by atoms with Crippen LogP contribution in [0.25, 0.3) is 0 Å². The second kappa shape index (κ2) is 8.07. The molecular weight excluding hydrogens is 366 g/mol. The molecule has 6 nitrogen and oxygen atoms in total. The van der Waals surface area contributed by atoms with Gasteiger partial charge in [-0.3, -0.25) is 4.98 Å². The zero-order valence-electron chi connectivity index (χ0n) is 16.8. The molecule has 2 heterocycles. The first-order valence-corrected chi connectivity index (χ1v) is 9.99. The van der Waals surface area contributed by atoms with Gasteiger partial charge in [-0.15, -0.1) is 0 Å². The Bertz CT molecular complexity index is 1030. The third-order valence-corrected chi connectivity index (χ3v) is 5.81. The first kappa shape index (κ1) is 19.2. The van der Waals surface area contributed by atoms with E-state index in [2.05, 4.69) is 28.3 Å². The molecule has 1 aliphatic carbocycles. The quantitative estimate of drug-likeness (QED) is 0.644. The maximum absolute atomic E-state index is 11.4. The van der Waals surface area contributed by atoms with E-state index in [1.54, 1.807) is 12.3 Å². The number of carboxylic acids is 1. The lowest BCUT2D eigenvalue weighted by atomic mass is 9.79. The van der Waals surface area contributed by atoms with Gasteiger partial charge in [0.25, 0.3) is 0 Å². The summed E-state index contributed by atoms with van der Waals surface area (Å²) < 4.78 is 5.20. The van der Waals surface area contributed by atoms with Crippen LogP contribution in [0.2, 0.25) is 0 Å². The molecule has 0 spiro atoms. The predicted octanol–water partition coefficient (Wildman–Crippen LogP) is 4.90. The highest BCUT2D eigenvalue weighted by molar-refractivity contribution is 5.89. The van der Waals surface area contributed by atoms with Crippen molar-refractivity contribution >= 4 is 17.5 Å². The minimum Gasteiger partial charge on any atom is -0.478 e. The number of aromatic nitrogens is 2. The molecule has 0 saturated heterocycles. The van der Waals surface area contributed by atoms with Gasteiger partial charge < -0.3 is 14.5 Å². The fourth-order valence-corrected chi connectivity index (χ4v) is 4.22. The van der Waals surface area contributed by atoms with Crippen molar-refractivity contribution < 1.29 is 14.4 Å². The summed E-state index contributed by atoms with van der Waals surface area (Å²) in [7, 11) is 2.00. The number of pyridine rings is 1. The van der Waals surface area contributed by atoms with Gasteiger partial charge in [0, 0.05) is 31.2 Å². The van der Waals surface area contributed by atoms with Crippen molar-refractivity contribution in [3.8, 4) is 0 Å². The van der Waals surface area contributed by atoms with Crippen LogP contribution in [-0.4, -0.2) is 28.3 Å². The first-order valence-electron chi connectivity index (χ1n) is 9.99. The van der Waals surface area contributed by atoms with Gasteiger partial charge in [-0.25, -0.2) is 4.79 Å². The third kappa shape index (κ3) is 4.01. The molecule has 1 aliphatic rings. The number of hydrogen-bond donors (Lipinski definition) is 1. The van der Waals surface area contributed by atoms with Crippen LogP contribution in [0, 0.1) is 6.92 Å². The van der Waals surface area contributed by atoms with E-state index in [0.717, 1.165) is 54.9 Å². The monoisotopic (exact) mass is 391 g/mol. The van der Waals surface area contributed by atoms with Crippen LogP contribution in [0.1, 0.15) is 58.0 Å². The number of hydrogen-bond acceptors (Lipinski definition) is 5. The molecule has 0 bridgehead atoms. The normalized spacial score (nSPS) is 15.7. The third-order valence-electron chi connectivity index (χ3n) is 5.81. The number of carboxylic acid groups (broad SMARTS) is 1. The maximum Gasteiger partial charge on any atom is 0.336 e. The van der Waals surface area contributed by atoms with E-state index >= 15 is 0 Å². The molecular formula is C23H25N3O3. The molecule has 29 heavy (non-hydrogen) atoms. The van der Waals surface area contributed by atoms with Crippen LogP contribution < -0.4 is 4.90 Å². The second-order valence-electron chi connectivity index (χ2n) is 7.70. The maximum atomic E-state index is 11.4. The molecule has 1 N–H and O–H groups in total. The zero-order valence-corrected chi connectivity index (χ0v) is 16.8.